The summed E-state index contributed by atoms with van der Waals surface area (Å²) >= 11 is 0. The smallest absolute Gasteiger partial charge is 0.299 e. The molecule has 3 N–H and O–H groups in total. The van der Waals surface area contributed by atoms with Gasteiger partial charge in [-0.15, -0.1) is 0 Å². The van der Waals surface area contributed by atoms with E-state index in [1.165, 1.54) is 42.5 Å². The molecule has 1 saturated carbocycles. The second kappa shape index (κ2) is 7.95. The van der Waals surface area contributed by atoms with Crippen LogP contribution < -0.4 is 5.73 Å². The third-order valence-corrected chi connectivity index (χ3v) is 6.35. The van der Waals surface area contributed by atoms with Crippen molar-refractivity contribution in [1.29, 1.82) is 0 Å². The van der Waals surface area contributed by atoms with Crippen molar-refractivity contribution in [2.24, 2.45) is 10.2 Å². The minimum atomic E-state index is -4.29. The van der Waals surface area contributed by atoms with Crippen LogP contribution in [0.4, 0.5) is 17.1 Å². The fourth-order valence-electron chi connectivity index (χ4n) is 2.65. The quantitative estimate of drug-likeness (QED) is 0.237. The third-order valence-electron chi connectivity index (χ3n) is 4.07. The van der Waals surface area contributed by atoms with Crippen molar-refractivity contribution in [1.82, 2.24) is 0 Å². The first-order chi connectivity index (χ1) is 13.1. The second-order valence-corrected chi connectivity index (χ2v) is 9.13. The summed E-state index contributed by atoms with van der Waals surface area (Å²) in [6.45, 7) is 0. The summed E-state index contributed by atoms with van der Waals surface area (Å²) < 4.78 is 61.2. The molecule has 1 aliphatic carbocycles. The van der Waals surface area contributed by atoms with Gasteiger partial charge in [0.05, 0.1) is 22.0 Å². The van der Waals surface area contributed by atoms with Crippen molar-refractivity contribution in [3.8, 4) is 0 Å². The van der Waals surface area contributed by atoms with Crippen molar-refractivity contribution in [2.45, 2.75) is 35.2 Å². The van der Waals surface area contributed by atoms with Crippen LogP contribution >= 0.6 is 0 Å². The molecular weight excluding hydrogens is 406 g/mol. The molecule has 2 aromatic rings. The number of anilines is 1. The van der Waals surface area contributed by atoms with E-state index in [1.807, 2.05) is 6.42 Å². The molecule has 0 saturated heterocycles. The lowest BCUT2D eigenvalue weighted by molar-refractivity contribution is 0.220. The Hall–Kier alpha value is -2.34. The summed E-state index contributed by atoms with van der Waals surface area (Å²) in [7, 11) is -8.34. The van der Waals surface area contributed by atoms with Crippen molar-refractivity contribution >= 4 is 37.3 Å². The number of nitrogen functional groups attached to an aromatic ring is 1. The number of benzene rings is 2. The predicted molar refractivity (Wildman–Crippen MR) is 101 cm³/mol. The Balaban J connectivity index is 1.81. The Morgan fingerprint density at radius 3 is 2.29 bits per heavy atom. The van der Waals surface area contributed by atoms with Crippen molar-refractivity contribution in [3.05, 3.63) is 48.9 Å². The number of azo groups is 1. The lowest BCUT2D eigenvalue weighted by Gasteiger charge is -2.14. The molecule has 1 fully saturated rings. The monoisotopic (exact) mass is 424 g/mol. The Bertz CT molecular complexity index is 1090. The molecule has 28 heavy (non-hydrogen) atoms. The normalized spacial score (nSPS) is 18.0. The van der Waals surface area contributed by atoms with Crippen LogP contribution in [0.15, 0.2) is 62.5 Å². The van der Waals surface area contributed by atoms with Gasteiger partial charge in [0.1, 0.15) is 4.90 Å². The number of hydrogen-bond acceptors (Lipinski definition) is 8. The maximum Gasteiger partial charge on any atom is 0.299 e. The van der Waals surface area contributed by atoms with E-state index in [1.54, 1.807) is 0 Å². The standard InChI is InChI=1S/C17H18N3O6S2/c18-16-10-7-13(11-17(16)28(24,25)26-14-3-1-2-4-14)20-19-12-5-8-15(9-6-12)27(21,22)23/h1,5-11,14H,2-4,18H2,(H,21,22,23)/q-1. The third kappa shape index (κ3) is 4.93. The molecule has 0 amide bonds. The molecule has 1 unspecified atom stereocenters. The Morgan fingerprint density at radius 2 is 1.68 bits per heavy atom. The lowest BCUT2D eigenvalue weighted by Crippen LogP contribution is -2.16. The predicted octanol–water partition coefficient (Wildman–Crippen LogP) is 3.39. The summed E-state index contributed by atoms with van der Waals surface area (Å²) in [5, 5.41) is 7.87. The first kappa shape index (κ1) is 20.4. The van der Waals surface area contributed by atoms with E-state index in [0.717, 1.165) is 6.42 Å². The van der Waals surface area contributed by atoms with Gasteiger partial charge in [-0.2, -0.15) is 39.9 Å². The highest BCUT2D eigenvalue weighted by Crippen LogP contribution is 2.30. The van der Waals surface area contributed by atoms with Gasteiger partial charge in [-0.05, 0) is 42.5 Å². The van der Waals surface area contributed by atoms with Crippen LogP contribution in [-0.4, -0.2) is 27.5 Å². The molecule has 1 aliphatic rings. The van der Waals surface area contributed by atoms with Gasteiger partial charge in [0, 0.05) is 6.10 Å². The highest BCUT2D eigenvalue weighted by molar-refractivity contribution is 7.87. The lowest BCUT2D eigenvalue weighted by atomic mass is 10.3. The maximum atomic E-state index is 12.5. The first-order valence-electron chi connectivity index (χ1n) is 8.29. The van der Waals surface area contributed by atoms with Crippen LogP contribution in [0.25, 0.3) is 0 Å². The van der Waals surface area contributed by atoms with E-state index >= 15 is 0 Å². The van der Waals surface area contributed by atoms with E-state index in [-0.39, 0.29) is 21.2 Å². The Morgan fingerprint density at radius 1 is 1.04 bits per heavy atom. The minimum absolute atomic E-state index is 0.0402. The molecule has 0 aliphatic heterocycles. The van der Waals surface area contributed by atoms with Crippen LogP contribution in [0.3, 0.4) is 0 Å². The van der Waals surface area contributed by atoms with Gasteiger partial charge in [-0.3, -0.25) is 8.74 Å². The number of nitrogens with two attached hydrogens (primary N) is 1. The molecule has 1 atom stereocenters. The van der Waals surface area contributed by atoms with Gasteiger partial charge in [-0.25, -0.2) is 0 Å². The van der Waals surface area contributed by atoms with Crippen molar-refractivity contribution in [3.63, 3.8) is 0 Å². The summed E-state index contributed by atoms with van der Waals surface area (Å²) in [6.07, 6.45) is 3.59. The Kier molecular flexibility index (Phi) is 5.79. The average molecular weight is 424 g/mol. The van der Waals surface area contributed by atoms with Crippen LogP contribution in [0.5, 0.6) is 0 Å². The highest BCUT2D eigenvalue weighted by atomic mass is 32.2. The molecule has 11 heteroatoms. The minimum Gasteiger partial charge on any atom is -0.398 e. The summed E-state index contributed by atoms with van der Waals surface area (Å²) in [4.78, 5) is -0.453. The van der Waals surface area contributed by atoms with Gasteiger partial charge in [0.25, 0.3) is 20.2 Å². The fourth-order valence-corrected chi connectivity index (χ4v) is 4.38. The zero-order valence-corrected chi connectivity index (χ0v) is 16.2. The number of hydrogen-bond donors (Lipinski definition) is 2. The van der Waals surface area contributed by atoms with Crippen molar-refractivity contribution in [2.75, 3.05) is 5.73 Å². The van der Waals surface area contributed by atoms with Gasteiger partial charge in [-0.1, -0.05) is 6.42 Å². The van der Waals surface area contributed by atoms with Crippen LogP contribution in [0.2, 0.25) is 0 Å². The van der Waals surface area contributed by atoms with E-state index in [0.29, 0.717) is 18.5 Å². The topological polar surface area (TPSA) is 148 Å². The largest absolute Gasteiger partial charge is 0.398 e. The van der Waals surface area contributed by atoms with Gasteiger partial charge < -0.3 is 12.2 Å². The molecule has 9 nitrogen and oxygen atoms in total. The number of rotatable bonds is 6. The molecule has 0 bridgehead atoms. The Labute approximate surface area is 163 Å². The van der Waals surface area contributed by atoms with Gasteiger partial charge >= 0.3 is 0 Å². The van der Waals surface area contributed by atoms with Crippen LogP contribution in [0.1, 0.15) is 19.3 Å². The fraction of sp³-hybridized carbons (Fsp3) is 0.235. The second-order valence-electron chi connectivity index (χ2n) is 6.17. The van der Waals surface area contributed by atoms with Crippen LogP contribution in [0, 0.1) is 6.42 Å². The van der Waals surface area contributed by atoms with E-state index in [4.69, 9.17) is 14.5 Å². The molecule has 0 radical (unpaired) electrons. The molecule has 0 heterocycles. The van der Waals surface area contributed by atoms with E-state index < -0.39 is 26.3 Å². The summed E-state index contributed by atoms with van der Waals surface area (Å²) in [5.74, 6) is 0. The zero-order valence-electron chi connectivity index (χ0n) is 14.6. The van der Waals surface area contributed by atoms with E-state index in [9.17, 15) is 16.8 Å². The van der Waals surface area contributed by atoms with E-state index in [2.05, 4.69) is 10.2 Å². The molecular formula is C17H18N3O6S2-. The molecule has 0 aromatic heterocycles. The van der Waals surface area contributed by atoms with Crippen LogP contribution in [-0.2, 0) is 24.4 Å². The first-order valence-corrected chi connectivity index (χ1v) is 11.1. The highest BCUT2D eigenvalue weighted by Gasteiger charge is 2.24. The molecule has 150 valence electrons. The van der Waals surface area contributed by atoms with Gasteiger partial charge in [0.15, 0.2) is 0 Å². The van der Waals surface area contributed by atoms with Crippen molar-refractivity contribution < 1.29 is 25.6 Å². The number of nitrogens with zero attached hydrogens (tertiary/aromatic N) is 2. The molecule has 0 spiro atoms. The maximum absolute atomic E-state index is 12.5. The SMILES string of the molecule is Nc1ccc(N=Nc2ccc(S(=O)(=O)O)cc2)cc1S(=O)(=O)OC1C[CH-]CC1. The molecule has 2 aromatic carbocycles. The summed E-state index contributed by atoms with van der Waals surface area (Å²) in [5.41, 5.74) is 6.38. The zero-order chi connectivity index (χ0) is 20.4. The summed E-state index contributed by atoms with van der Waals surface area (Å²) in [6, 6.07) is 9.20. The molecule has 3 rings (SSSR count). The van der Waals surface area contributed by atoms with Gasteiger partial charge in [0.2, 0.25) is 0 Å². The average Bonchev–Trinajstić information content (AvgIpc) is 3.12.